The Labute approximate surface area is 69.8 Å². The number of carbonyl (C=O) groups excluding carboxylic acids is 1. The SMILES string of the molecule is CC(C)(C)C(=O)n1ccoc1=O. The molecule has 0 bridgehead atoms. The summed E-state index contributed by atoms with van der Waals surface area (Å²) in [7, 11) is 0. The molecule has 4 heteroatoms. The second-order valence-corrected chi connectivity index (χ2v) is 3.59. The van der Waals surface area contributed by atoms with Gasteiger partial charge in [0.1, 0.15) is 6.26 Å². The Balaban J connectivity index is 3.10. The first-order valence-electron chi connectivity index (χ1n) is 3.64. The average molecular weight is 169 g/mol. The fraction of sp³-hybridized carbons (Fsp3) is 0.500. The summed E-state index contributed by atoms with van der Waals surface area (Å²) in [5, 5.41) is 0. The Morgan fingerprint density at radius 1 is 1.50 bits per heavy atom. The number of hydrogen-bond donors (Lipinski definition) is 0. The van der Waals surface area contributed by atoms with Crippen LogP contribution in [0, 0.1) is 5.41 Å². The highest BCUT2D eigenvalue weighted by Crippen LogP contribution is 2.14. The summed E-state index contributed by atoms with van der Waals surface area (Å²) in [6.45, 7) is 5.23. The number of aromatic nitrogens is 1. The zero-order chi connectivity index (χ0) is 9.35. The first-order chi connectivity index (χ1) is 5.43. The first-order valence-corrected chi connectivity index (χ1v) is 3.64. The molecule has 0 saturated carbocycles. The van der Waals surface area contributed by atoms with Gasteiger partial charge in [0.05, 0.1) is 6.20 Å². The van der Waals surface area contributed by atoms with Gasteiger partial charge in [-0.15, -0.1) is 0 Å². The lowest BCUT2D eigenvalue weighted by atomic mass is 9.96. The highest BCUT2D eigenvalue weighted by Gasteiger charge is 2.24. The summed E-state index contributed by atoms with van der Waals surface area (Å²) >= 11 is 0. The standard InChI is InChI=1S/C8H11NO3/c1-8(2,3)6(10)9-4-5-12-7(9)11/h4-5H,1-3H3. The number of nitrogens with zero attached hydrogens (tertiary/aromatic N) is 1. The number of rotatable bonds is 0. The average Bonchev–Trinajstić information content (AvgIpc) is 2.31. The number of oxazole rings is 1. The van der Waals surface area contributed by atoms with E-state index in [2.05, 4.69) is 4.42 Å². The van der Waals surface area contributed by atoms with Gasteiger partial charge in [-0.3, -0.25) is 4.79 Å². The summed E-state index contributed by atoms with van der Waals surface area (Å²) < 4.78 is 5.44. The Kier molecular flexibility index (Phi) is 1.92. The molecule has 0 atom stereocenters. The second-order valence-electron chi connectivity index (χ2n) is 3.59. The minimum atomic E-state index is -0.630. The molecule has 0 unspecified atom stereocenters. The van der Waals surface area contributed by atoms with Crippen LogP contribution in [0.1, 0.15) is 25.6 Å². The highest BCUT2D eigenvalue weighted by atomic mass is 16.4. The van der Waals surface area contributed by atoms with Crippen LogP contribution in [0.5, 0.6) is 0 Å². The summed E-state index contributed by atoms with van der Waals surface area (Å²) in [5.74, 6) is -0.892. The first kappa shape index (κ1) is 8.77. The van der Waals surface area contributed by atoms with Gasteiger partial charge in [-0.2, -0.15) is 0 Å². The molecule has 0 amide bonds. The molecule has 0 saturated heterocycles. The molecule has 1 aromatic rings. The minimum Gasteiger partial charge on any atom is -0.416 e. The number of hydrogen-bond acceptors (Lipinski definition) is 3. The second kappa shape index (κ2) is 2.62. The zero-order valence-corrected chi connectivity index (χ0v) is 7.33. The predicted octanol–water partition coefficient (Wildman–Crippen LogP) is 1.13. The smallest absolute Gasteiger partial charge is 0.416 e. The minimum absolute atomic E-state index is 0.263. The molecular formula is C8H11NO3. The molecule has 1 aromatic heterocycles. The summed E-state index contributed by atoms with van der Waals surface area (Å²) in [6.07, 6.45) is 2.53. The van der Waals surface area contributed by atoms with Crippen molar-refractivity contribution in [3.8, 4) is 0 Å². The van der Waals surface area contributed by atoms with Crippen molar-refractivity contribution in [3.63, 3.8) is 0 Å². The molecule has 0 aliphatic carbocycles. The Bertz CT molecular complexity index is 340. The van der Waals surface area contributed by atoms with Gasteiger partial charge in [0.15, 0.2) is 0 Å². The van der Waals surface area contributed by atoms with Crippen LogP contribution in [0.15, 0.2) is 21.7 Å². The van der Waals surface area contributed by atoms with Gasteiger partial charge in [0, 0.05) is 5.41 Å². The largest absolute Gasteiger partial charge is 0.425 e. The quantitative estimate of drug-likeness (QED) is 0.585. The van der Waals surface area contributed by atoms with E-state index in [0.29, 0.717) is 0 Å². The molecule has 0 fully saturated rings. The molecule has 12 heavy (non-hydrogen) atoms. The van der Waals surface area contributed by atoms with Crippen molar-refractivity contribution in [2.24, 2.45) is 5.41 Å². The zero-order valence-electron chi connectivity index (χ0n) is 7.33. The summed E-state index contributed by atoms with van der Waals surface area (Å²) in [5.41, 5.74) is -0.562. The van der Waals surface area contributed by atoms with E-state index in [0.717, 1.165) is 4.57 Å². The Hall–Kier alpha value is -1.32. The van der Waals surface area contributed by atoms with Crippen molar-refractivity contribution in [3.05, 3.63) is 23.0 Å². The predicted molar refractivity (Wildman–Crippen MR) is 43.0 cm³/mol. The molecule has 0 radical (unpaired) electrons. The van der Waals surface area contributed by atoms with E-state index in [-0.39, 0.29) is 5.91 Å². The normalized spacial score (nSPS) is 11.6. The molecule has 0 aliphatic rings. The maximum atomic E-state index is 11.5. The van der Waals surface area contributed by atoms with Crippen LogP contribution in [-0.2, 0) is 0 Å². The highest BCUT2D eigenvalue weighted by molar-refractivity contribution is 5.83. The van der Waals surface area contributed by atoms with Gasteiger partial charge in [0.2, 0.25) is 5.91 Å². The molecular weight excluding hydrogens is 158 g/mol. The molecule has 1 heterocycles. The molecule has 0 spiro atoms. The Morgan fingerprint density at radius 3 is 2.42 bits per heavy atom. The van der Waals surface area contributed by atoms with Crippen molar-refractivity contribution in [2.75, 3.05) is 0 Å². The lowest BCUT2D eigenvalue weighted by Crippen LogP contribution is -2.32. The molecule has 1 rings (SSSR count). The lowest BCUT2D eigenvalue weighted by molar-refractivity contribution is 0.0757. The van der Waals surface area contributed by atoms with E-state index < -0.39 is 11.2 Å². The van der Waals surface area contributed by atoms with Crippen LogP contribution in [0.3, 0.4) is 0 Å². The van der Waals surface area contributed by atoms with Crippen molar-refractivity contribution in [1.82, 2.24) is 4.57 Å². The molecule has 4 nitrogen and oxygen atoms in total. The maximum absolute atomic E-state index is 11.5. The van der Waals surface area contributed by atoms with Gasteiger partial charge in [-0.25, -0.2) is 9.36 Å². The van der Waals surface area contributed by atoms with Crippen LogP contribution in [0.25, 0.3) is 0 Å². The van der Waals surface area contributed by atoms with Gasteiger partial charge >= 0.3 is 5.76 Å². The van der Waals surface area contributed by atoms with E-state index in [1.54, 1.807) is 20.8 Å². The third-order valence-electron chi connectivity index (χ3n) is 1.44. The third-order valence-corrected chi connectivity index (χ3v) is 1.44. The lowest BCUT2D eigenvalue weighted by Gasteiger charge is -2.14. The van der Waals surface area contributed by atoms with E-state index >= 15 is 0 Å². The van der Waals surface area contributed by atoms with Gasteiger partial charge in [-0.1, -0.05) is 20.8 Å². The van der Waals surface area contributed by atoms with Gasteiger partial charge in [-0.05, 0) is 0 Å². The molecule has 0 aliphatic heterocycles. The molecule has 0 aromatic carbocycles. The fourth-order valence-electron chi connectivity index (χ4n) is 0.779. The van der Waals surface area contributed by atoms with Crippen LogP contribution in [-0.4, -0.2) is 10.5 Å². The number of carbonyl (C=O) groups is 1. The van der Waals surface area contributed by atoms with E-state index in [1.807, 2.05) is 0 Å². The van der Waals surface area contributed by atoms with E-state index in [1.165, 1.54) is 12.5 Å². The van der Waals surface area contributed by atoms with Crippen molar-refractivity contribution >= 4 is 5.91 Å². The Morgan fingerprint density at radius 2 is 2.08 bits per heavy atom. The summed E-state index contributed by atoms with van der Waals surface area (Å²) in [6, 6.07) is 0. The van der Waals surface area contributed by atoms with Crippen molar-refractivity contribution in [2.45, 2.75) is 20.8 Å². The van der Waals surface area contributed by atoms with Crippen molar-refractivity contribution in [1.29, 1.82) is 0 Å². The fourth-order valence-corrected chi connectivity index (χ4v) is 0.779. The monoisotopic (exact) mass is 169 g/mol. The van der Waals surface area contributed by atoms with E-state index in [9.17, 15) is 9.59 Å². The third kappa shape index (κ3) is 1.47. The van der Waals surface area contributed by atoms with Crippen LogP contribution in [0.2, 0.25) is 0 Å². The van der Waals surface area contributed by atoms with Gasteiger partial charge in [0.25, 0.3) is 0 Å². The van der Waals surface area contributed by atoms with Crippen LogP contribution >= 0.6 is 0 Å². The topological polar surface area (TPSA) is 52.2 Å². The summed E-state index contributed by atoms with van der Waals surface area (Å²) in [4.78, 5) is 22.3. The molecule has 66 valence electrons. The van der Waals surface area contributed by atoms with E-state index in [4.69, 9.17) is 0 Å². The van der Waals surface area contributed by atoms with Crippen molar-refractivity contribution < 1.29 is 9.21 Å². The molecule has 0 N–H and O–H groups in total. The maximum Gasteiger partial charge on any atom is 0.425 e. The van der Waals surface area contributed by atoms with Gasteiger partial charge < -0.3 is 4.42 Å². The van der Waals surface area contributed by atoms with Crippen LogP contribution in [0.4, 0.5) is 0 Å². The van der Waals surface area contributed by atoms with Crippen LogP contribution < -0.4 is 5.76 Å².